The van der Waals surface area contributed by atoms with Crippen molar-refractivity contribution in [3.8, 4) is 0 Å². The highest BCUT2D eigenvalue weighted by molar-refractivity contribution is 5.47. The Morgan fingerprint density at radius 3 is 2.08 bits per heavy atom. The molecule has 0 saturated heterocycles. The summed E-state index contributed by atoms with van der Waals surface area (Å²) in [5.41, 5.74) is 2.70. The summed E-state index contributed by atoms with van der Waals surface area (Å²) in [5, 5.41) is 0. The molecule has 0 aliphatic rings. The third-order valence-corrected chi connectivity index (χ3v) is 2.53. The summed E-state index contributed by atoms with van der Waals surface area (Å²) < 4.78 is 0. The number of hydrogen-bond donors (Lipinski definition) is 0. The van der Waals surface area contributed by atoms with Gasteiger partial charge in [0.2, 0.25) is 0 Å². The van der Waals surface area contributed by atoms with Crippen molar-refractivity contribution in [3.05, 3.63) is 29.8 Å². The molecule has 0 fully saturated rings. The monoisotopic (exact) mass is 177 g/mol. The van der Waals surface area contributed by atoms with Crippen molar-refractivity contribution in [1.29, 1.82) is 0 Å². The lowest BCUT2D eigenvalue weighted by molar-refractivity contribution is 0.754. The fourth-order valence-electron chi connectivity index (χ4n) is 1.26. The van der Waals surface area contributed by atoms with Gasteiger partial charge in [-0.3, -0.25) is 0 Å². The van der Waals surface area contributed by atoms with E-state index in [0.717, 1.165) is 6.42 Å². The van der Waals surface area contributed by atoms with Crippen LogP contribution in [0, 0.1) is 0 Å². The molecule has 0 saturated carbocycles. The van der Waals surface area contributed by atoms with Crippen molar-refractivity contribution < 1.29 is 0 Å². The molecule has 13 heavy (non-hydrogen) atoms. The van der Waals surface area contributed by atoms with Gasteiger partial charge in [-0.1, -0.05) is 19.1 Å². The Labute approximate surface area is 81.4 Å². The van der Waals surface area contributed by atoms with E-state index in [-0.39, 0.29) is 0 Å². The molecule has 1 heteroatoms. The third-order valence-electron chi connectivity index (χ3n) is 2.53. The quantitative estimate of drug-likeness (QED) is 0.685. The van der Waals surface area contributed by atoms with Crippen LogP contribution in [0.15, 0.2) is 24.3 Å². The summed E-state index contributed by atoms with van der Waals surface area (Å²) >= 11 is 0. The first kappa shape index (κ1) is 10.1. The van der Waals surface area contributed by atoms with Crippen molar-refractivity contribution in [2.24, 2.45) is 0 Å². The fraction of sp³-hybridized carbons (Fsp3) is 0.500. The van der Waals surface area contributed by atoms with Gasteiger partial charge in [0, 0.05) is 18.8 Å². The van der Waals surface area contributed by atoms with Crippen molar-refractivity contribution in [2.45, 2.75) is 33.2 Å². The minimum absolute atomic E-state index is 0.562. The van der Waals surface area contributed by atoms with E-state index in [4.69, 9.17) is 0 Å². The molecular formula is C12H19N. The predicted octanol–water partition coefficient (Wildman–Crippen LogP) is 3.09. The van der Waals surface area contributed by atoms with Gasteiger partial charge in [0.1, 0.15) is 0 Å². The summed E-state index contributed by atoms with van der Waals surface area (Å²) in [5.74, 6) is 0. The highest BCUT2D eigenvalue weighted by Gasteiger charge is 2.03. The molecule has 0 bridgehead atoms. The maximum Gasteiger partial charge on any atom is 0.0366 e. The van der Waals surface area contributed by atoms with E-state index < -0.39 is 0 Å². The van der Waals surface area contributed by atoms with Crippen molar-refractivity contribution in [1.82, 2.24) is 0 Å². The lowest BCUT2D eigenvalue weighted by Crippen LogP contribution is -2.25. The number of benzene rings is 1. The van der Waals surface area contributed by atoms with Crippen LogP contribution in [0.3, 0.4) is 0 Å². The molecule has 1 aromatic carbocycles. The van der Waals surface area contributed by atoms with E-state index in [0.29, 0.717) is 6.04 Å². The average molecular weight is 177 g/mol. The number of hydrogen-bond acceptors (Lipinski definition) is 1. The number of anilines is 1. The van der Waals surface area contributed by atoms with E-state index in [1.54, 1.807) is 0 Å². The standard InChI is InChI=1S/C12H19N/c1-5-11-6-8-12(9-7-11)13(4)10(2)3/h6-10H,5H2,1-4H3. The fourth-order valence-corrected chi connectivity index (χ4v) is 1.26. The molecule has 0 atom stereocenters. The lowest BCUT2D eigenvalue weighted by Gasteiger charge is -2.23. The normalized spacial score (nSPS) is 10.5. The molecule has 0 amide bonds. The Kier molecular flexibility index (Phi) is 3.35. The average Bonchev–Trinajstić information content (AvgIpc) is 2.17. The first-order chi connectivity index (χ1) is 6.15. The molecule has 1 rings (SSSR count). The summed E-state index contributed by atoms with van der Waals surface area (Å²) in [6.07, 6.45) is 1.12. The molecule has 0 aliphatic heterocycles. The predicted molar refractivity (Wildman–Crippen MR) is 59.4 cm³/mol. The van der Waals surface area contributed by atoms with Gasteiger partial charge in [0.25, 0.3) is 0 Å². The Morgan fingerprint density at radius 2 is 1.69 bits per heavy atom. The molecule has 1 aromatic rings. The van der Waals surface area contributed by atoms with Gasteiger partial charge in [-0.15, -0.1) is 0 Å². The maximum absolute atomic E-state index is 2.28. The van der Waals surface area contributed by atoms with E-state index in [9.17, 15) is 0 Å². The molecule has 0 spiro atoms. The van der Waals surface area contributed by atoms with Gasteiger partial charge in [-0.2, -0.15) is 0 Å². The highest BCUT2D eigenvalue weighted by atomic mass is 15.1. The Hall–Kier alpha value is -0.980. The molecule has 0 unspecified atom stereocenters. The molecule has 1 nitrogen and oxygen atoms in total. The van der Waals surface area contributed by atoms with Gasteiger partial charge >= 0.3 is 0 Å². The van der Waals surface area contributed by atoms with Crippen LogP contribution in [0.2, 0.25) is 0 Å². The van der Waals surface area contributed by atoms with Crippen molar-refractivity contribution in [3.63, 3.8) is 0 Å². The molecule has 0 N–H and O–H groups in total. The summed E-state index contributed by atoms with van der Waals surface area (Å²) in [6, 6.07) is 9.35. The minimum Gasteiger partial charge on any atom is -0.372 e. The van der Waals surface area contributed by atoms with Crippen LogP contribution in [0.1, 0.15) is 26.3 Å². The minimum atomic E-state index is 0.562. The number of nitrogens with zero attached hydrogens (tertiary/aromatic N) is 1. The van der Waals surface area contributed by atoms with Crippen LogP contribution in [-0.2, 0) is 6.42 Å². The third kappa shape index (κ3) is 2.48. The van der Waals surface area contributed by atoms with Gasteiger partial charge in [0.15, 0.2) is 0 Å². The molecule has 0 aromatic heterocycles. The largest absolute Gasteiger partial charge is 0.372 e. The Morgan fingerprint density at radius 1 is 1.15 bits per heavy atom. The second kappa shape index (κ2) is 4.31. The topological polar surface area (TPSA) is 3.24 Å². The molecule has 0 radical (unpaired) electrons. The van der Waals surface area contributed by atoms with Crippen LogP contribution in [0.25, 0.3) is 0 Å². The molecule has 0 heterocycles. The molecule has 0 aliphatic carbocycles. The summed E-state index contributed by atoms with van der Waals surface area (Å²) in [6.45, 7) is 6.59. The van der Waals surface area contributed by atoms with Crippen molar-refractivity contribution in [2.75, 3.05) is 11.9 Å². The number of aryl methyl sites for hydroxylation is 1. The SMILES string of the molecule is CCc1ccc(N(C)C(C)C)cc1. The second-order valence-electron chi connectivity index (χ2n) is 3.72. The first-order valence-corrected chi connectivity index (χ1v) is 4.97. The van der Waals surface area contributed by atoms with Gasteiger partial charge in [0.05, 0.1) is 0 Å². The Balaban J connectivity index is 2.79. The zero-order valence-corrected chi connectivity index (χ0v) is 9.04. The lowest BCUT2D eigenvalue weighted by atomic mass is 10.1. The van der Waals surface area contributed by atoms with Gasteiger partial charge in [-0.25, -0.2) is 0 Å². The Bertz CT molecular complexity index is 248. The molecule has 72 valence electrons. The van der Waals surface area contributed by atoms with Crippen LogP contribution < -0.4 is 4.90 Å². The van der Waals surface area contributed by atoms with Crippen LogP contribution in [-0.4, -0.2) is 13.1 Å². The van der Waals surface area contributed by atoms with Crippen LogP contribution >= 0.6 is 0 Å². The van der Waals surface area contributed by atoms with Crippen LogP contribution in [0.5, 0.6) is 0 Å². The molecular weight excluding hydrogens is 158 g/mol. The van der Waals surface area contributed by atoms with Crippen molar-refractivity contribution >= 4 is 5.69 Å². The number of rotatable bonds is 3. The zero-order valence-electron chi connectivity index (χ0n) is 9.04. The summed E-state index contributed by atoms with van der Waals surface area (Å²) in [4.78, 5) is 2.28. The van der Waals surface area contributed by atoms with Gasteiger partial charge < -0.3 is 4.90 Å². The zero-order chi connectivity index (χ0) is 9.84. The first-order valence-electron chi connectivity index (χ1n) is 4.97. The van der Waals surface area contributed by atoms with E-state index in [2.05, 4.69) is 57.0 Å². The van der Waals surface area contributed by atoms with Crippen LogP contribution in [0.4, 0.5) is 5.69 Å². The second-order valence-corrected chi connectivity index (χ2v) is 3.72. The van der Waals surface area contributed by atoms with E-state index >= 15 is 0 Å². The van der Waals surface area contributed by atoms with Gasteiger partial charge in [-0.05, 0) is 38.0 Å². The van der Waals surface area contributed by atoms with E-state index in [1.807, 2.05) is 0 Å². The maximum atomic E-state index is 2.28. The summed E-state index contributed by atoms with van der Waals surface area (Å²) in [7, 11) is 2.13. The highest BCUT2D eigenvalue weighted by Crippen LogP contribution is 2.15. The van der Waals surface area contributed by atoms with E-state index in [1.165, 1.54) is 11.3 Å². The smallest absolute Gasteiger partial charge is 0.0366 e.